The van der Waals surface area contributed by atoms with Gasteiger partial charge in [-0.1, -0.05) is 45.5 Å². The van der Waals surface area contributed by atoms with E-state index in [0.29, 0.717) is 16.4 Å². The Morgan fingerprint density at radius 1 is 1.09 bits per heavy atom. The number of hydrogen-bond donors (Lipinski definition) is 1. The molecule has 0 bridgehead atoms. The summed E-state index contributed by atoms with van der Waals surface area (Å²) in [6.45, 7) is 1.96. The molecule has 0 spiro atoms. The molecule has 0 aliphatic rings. The average molecular weight is 509 g/mol. The first kappa shape index (κ1) is 20.2. The van der Waals surface area contributed by atoms with Gasteiger partial charge >= 0.3 is 11.6 Å². The maximum atomic E-state index is 11.9. The zero-order valence-corrected chi connectivity index (χ0v) is 18.8. The molecule has 9 nitrogen and oxygen atoms in total. The maximum absolute atomic E-state index is 11.9. The quantitative estimate of drug-likeness (QED) is 0.222. The molecule has 0 fully saturated rings. The van der Waals surface area contributed by atoms with Gasteiger partial charge in [-0.15, -0.1) is 0 Å². The van der Waals surface area contributed by atoms with E-state index in [0.717, 1.165) is 25.6 Å². The van der Waals surface area contributed by atoms with Crippen LogP contribution >= 0.6 is 27.3 Å². The fourth-order valence-corrected chi connectivity index (χ4v) is 4.63. The Morgan fingerprint density at radius 2 is 1.97 bits per heavy atom. The van der Waals surface area contributed by atoms with Crippen LogP contribution in [-0.2, 0) is 0 Å². The molecule has 11 heteroatoms. The minimum atomic E-state index is -0.579. The second-order valence-electron chi connectivity index (χ2n) is 6.75. The molecule has 0 amide bonds. The number of para-hydroxylation sites is 1. The molecular formula is C21H13BrN6O3S. The summed E-state index contributed by atoms with van der Waals surface area (Å²) in [6, 6.07) is 13.0. The van der Waals surface area contributed by atoms with E-state index in [2.05, 4.69) is 41.2 Å². The van der Waals surface area contributed by atoms with Crippen molar-refractivity contribution >= 4 is 65.0 Å². The average Bonchev–Trinajstić information content (AvgIpc) is 3.20. The molecule has 1 N–H and O–H groups in total. The Balaban J connectivity index is 1.56. The lowest BCUT2D eigenvalue weighted by atomic mass is 10.2. The van der Waals surface area contributed by atoms with Gasteiger partial charge in [0.1, 0.15) is 11.8 Å². The van der Waals surface area contributed by atoms with Crippen LogP contribution in [0.25, 0.3) is 21.1 Å². The lowest BCUT2D eigenvalue weighted by Crippen LogP contribution is -2.03. The highest BCUT2D eigenvalue weighted by Gasteiger charge is 2.26. The standard InChI is InChI=1S/C21H13BrN6O3S/c1-11-4-2-6-15-16(11)26-21(32-15)27-19-18(28(29)30)20(25-10-24-19)31-14-8-7-13(22)12-5-3-9-23-17(12)14/h2-10H,1H3,(H,24,25,26,27). The molecule has 0 aliphatic carbocycles. The number of nitrogens with zero attached hydrogens (tertiary/aromatic N) is 5. The SMILES string of the molecule is Cc1cccc2sc(Nc3ncnc(Oc4ccc(Br)c5cccnc45)c3[N+](=O)[O-])nc12. The number of benzene rings is 2. The van der Waals surface area contributed by atoms with Crippen LogP contribution in [0.4, 0.5) is 16.6 Å². The number of hydrogen-bond acceptors (Lipinski definition) is 9. The number of ether oxygens (including phenoxy) is 1. The number of thiazole rings is 1. The van der Waals surface area contributed by atoms with E-state index >= 15 is 0 Å². The van der Waals surface area contributed by atoms with Gasteiger partial charge in [0, 0.05) is 16.1 Å². The second-order valence-corrected chi connectivity index (χ2v) is 8.63. The fraction of sp³-hybridized carbons (Fsp3) is 0.0476. The summed E-state index contributed by atoms with van der Waals surface area (Å²) in [4.78, 5) is 28.3. The molecule has 0 atom stereocenters. The number of halogens is 1. The fourth-order valence-electron chi connectivity index (χ4n) is 3.23. The zero-order valence-electron chi connectivity index (χ0n) is 16.4. The van der Waals surface area contributed by atoms with E-state index in [9.17, 15) is 10.1 Å². The third kappa shape index (κ3) is 3.61. The van der Waals surface area contributed by atoms with Gasteiger partial charge in [0.25, 0.3) is 0 Å². The lowest BCUT2D eigenvalue weighted by Gasteiger charge is -2.10. The summed E-state index contributed by atoms with van der Waals surface area (Å²) >= 11 is 4.86. The largest absolute Gasteiger partial charge is 0.431 e. The van der Waals surface area contributed by atoms with Crippen molar-refractivity contribution in [1.82, 2.24) is 19.9 Å². The summed E-state index contributed by atoms with van der Waals surface area (Å²) in [7, 11) is 0. The van der Waals surface area contributed by atoms with Crippen molar-refractivity contribution in [3.63, 3.8) is 0 Å². The summed E-state index contributed by atoms with van der Waals surface area (Å²) in [6.07, 6.45) is 2.83. The van der Waals surface area contributed by atoms with Crippen LogP contribution in [0.2, 0.25) is 0 Å². The zero-order chi connectivity index (χ0) is 22.2. The van der Waals surface area contributed by atoms with Gasteiger partial charge in [0.2, 0.25) is 5.82 Å². The van der Waals surface area contributed by atoms with Crippen molar-refractivity contribution in [3.8, 4) is 11.6 Å². The number of fused-ring (bicyclic) bond motifs is 2. The first-order valence-electron chi connectivity index (χ1n) is 9.35. The van der Waals surface area contributed by atoms with Gasteiger partial charge in [0.05, 0.1) is 15.1 Å². The van der Waals surface area contributed by atoms with Crippen molar-refractivity contribution in [3.05, 3.63) is 75.1 Å². The summed E-state index contributed by atoms with van der Waals surface area (Å²) in [5, 5.41) is 16.2. The molecular weight excluding hydrogens is 496 g/mol. The van der Waals surface area contributed by atoms with Gasteiger partial charge < -0.3 is 10.1 Å². The molecule has 0 unspecified atom stereocenters. The number of aryl methyl sites for hydroxylation is 1. The highest BCUT2D eigenvalue weighted by Crippen LogP contribution is 2.39. The maximum Gasteiger partial charge on any atom is 0.373 e. The minimum absolute atomic E-state index is 0.00825. The molecule has 5 aromatic rings. The van der Waals surface area contributed by atoms with Crippen LogP contribution in [0.3, 0.4) is 0 Å². The Labute approximate surface area is 193 Å². The predicted octanol–water partition coefficient (Wildman–Crippen LogP) is 6.15. The predicted molar refractivity (Wildman–Crippen MR) is 126 cm³/mol. The Kier molecular flexibility index (Phi) is 5.11. The van der Waals surface area contributed by atoms with Crippen LogP contribution in [0.15, 0.2) is 59.5 Å². The third-order valence-corrected chi connectivity index (χ3v) is 6.33. The molecule has 3 heterocycles. The molecule has 0 saturated carbocycles. The van der Waals surface area contributed by atoms with Crippen LogP contribution in [0.5, 0.6) is 11.6 Å². The van der Waals surface area contributed by atoms with Gasteiger partial charge in [-0.25, -0.2) is 9.97 Å². The van der Waals surface area contributed by atoms with Gasteiger partial charge in [-0.2, -0.15) is 4.98 Å². The molecule has 2 aromatic carbocycles. The lowest BCUT2D eigenvalue weighted by molar-refractivity contribution is -0.385. The molecule has 32 heavy (non-hydrogen) atoms. The number of anilines is 2. The molecule has 0 aliphatic heterocycles. The normalized spacial score (nSPS) is 11.1. The molecule has 0 radical (unpaired) electrons. The minimum Gasteiger partial charge on any atom is -0.431 e. The smallest absolute Gasteiger partial charge is 0.373 e. The van der Waals surface area contributed by atoms with Crippen molar-refractivity contribution in [2.45, 2.75) is 6.92 Å². The van der Waals surface area contributed by atoms with Crippen LogP contribution in [-0.4, -0.2) is 24.9 Å². The van der Waals surface area contributed by atoms with Gasteiger partial charge in [0.15, 0.2) is 10.9 Å². The number of nitrogens with one attached hydrogen (secondary N) is 1. The van der Waals surface area contributed by atoms with Gasteiger partial charge in [-0.3, -0.25) is 15.1 Å². The Morgan fingerprint density at radius 3 is 2.78 bits per heavy atom. The van der Waals surface area contributed by atoms with Crippen molar-refractivity contribution < 1.29 is 9.66 Å². The summed E-state index contributed by atoms with van der Waals surface area (Å²) in [5.41, 5.74) is 2.00. The topological polar surface area (TPSA) is 116 Å². The molecule has 158 valence electrons. The van der Waals surface area contributed by atoms with Gasteiger partial charge in [-0.05, 0) is 36.8 Å². The third-order valence-electron chi connectivity index (χ3n) is 4.70. The van der Waals surface area contributed by atoms with Crippen LogP contribution in [0, 0.1) is 17.0 Å². The van der Waals surface area contributed by atoms with E-state index < -0.39 is 10.6 Å². The van der Waals surface area contributed by atoms with Crippen molar-refractivity contribution in [1.29, 1.82) is 0 Å². The summed E-state index contributed by atoms with van der Waals surface area (Å²) < 4.78 is 7.66. The number of aromatic nitrogens is 4. The second kappa shape index (κ2) is 8.09. The van der Waals surface area contributed by atoms with E-state index in [1.54, 1.807) is 24.4 Å². The monoisotopic (exact) mass is 508 g/mol. The van der Waals surface area contributed by atoms with Crippen molar-refractivity contribution in [2.24, 2.45) is 0 Å². The van der Waals surface area contributed by atoms with Crippen LogP contribution in [0.1, 0.15) is 5.56 Å². The van der Waals surface area contributed by atoms with Crippen molar-refractivity contribution in [2.75, 3.05) is 5.32 Å². The number of nitro groups is 1. The van der Waals surface area contributed by atoms with E-state index in [1.165, 1.54) is 17.7 Å². The Hall–Kier alpha value is -3.70. The number of pyridine rings is 1. The van der Waals surface area contributed by atoms with E-state index in [1.807, 2.05) is 31.2 Å². The Bertz CT molecular complexity index is 1510. The first-order chi connectivity index (χ1) is 15.5. The molecule has 0 saturated heterocycles. The first-order valence-corrected chi connectivity index (χ1v) is 11.0. The molecule has 5 rings (SSSR count). The highest BCUT2D eigenvalue weighted by molar-refractivity contribution is 9.10. The van der Waals surface area contributed by atoms with E-state index in [-0.39, 0.29) is 11.7 Å². The number of rotatable bonds is 5. The van der Waals surface area contributed by atoms with Crippen LogP contribution < -0.4 is 10.1 Å². The van der Waals surface area contributed by atoms with E-state index in [4.69, 9.17) is 4.74 Å². The molecule has 3 aromatic heterocycles. The highest BCUT2D eigenvalue weighted by atomic mass is 79.9. The summed E-state index contributed by atoms with van der Waals surface area (Å²) in [5.74, 6) is 0.136.